The van der Waals surface area contributed by atoms with Crippen LogP contribution in [0.25, 0.3) is 0 Å². The predicted molar refractivity (Wildman–Crippen MR) is 79.2 cm³/mol. The molecule has 0 radical (unpaired) electrons. The fourth-order valence-electron chi connectivity index (χ4n) is 2.03. The van der Waals surface area contributed by atoms with Crippen LogP contribution in [0.1, 0.15) is 23.9 Å². The van der Waals surface area contributed by atoms with Crippen molar-refractivity contribution in [2.24, 2.45) is 0 Å². The number of hydrogen-bond donors (Lipinski definition) is 2. The molecule has 0 aliphatic carbocycles. The maximum atomic E-state index is 13.0. The second-order valence-corrected chi connectivity index (χ2v) is 4.70. The van der Waals surface area contributed by atoms with Crippen LogP contribution in [0.3, 0.4) is 0 Å². The highest BCUT2D eigenvalue weighted by molar-refractivity contribution is 5.44. The lowest BCUT2D eigenvalue weighted by Gasteiger charge is -2.09. The van der Waals surface area contributed by atoms with Crippen molar-refractivity contribution >= 4 is 11.6 Å². The fraction of sp³-hybridized carbons (Fsp3) is 0.333. The SMILES string of the molecule is CCc1nc(N)cc(NCCc2ccc(F)cc2C)n1. The lowest BCUT2D eigenvalue weighted by atomic mass is 10.1. The van der Waals surface area contributed by atoms with Crippen molar-refractivity contribution < 1.29 is 4.39 Å². The Morgan fingerprint density at radius 1 is 1.25 bits per heavy atom. The number of nitrogen functional groups attached to an aromatic ring is 1. The van der Waals surface area contributed by atoms with E-state index in [2.05, 4.69) is 15.3 Å². The molecule has 1 aromatic heterocycles. The predicted octanol–water partition coefficient (Wildman–Crippen LogP) is 2.72. The van der Waals surface area contributed by atoms with Crippen LogP contribution in [0, 0.1) is 12.7 Å². The van der Waals surface area contributed by atoms with Crippen LogP contribution in [0.5, 0.6) is 0 Å². The molecule has 0 atom stereocenters. The maximum Gasteiger partial charge on any atom is 0.132 e. The molecule has 2 aromatic rings. The molecule has 3 N–H and O–H groups in total. The van der Waals surface area contributed by atoms with E-state index < -0.39 is 0 Å². The van der Waals surface area contributed by atoms with Crippen molar-refractivity contribution in [3.63, 3.8) is 0 Å². The molecular formula is C15H19FN4. The summed E-state index contributed by atoms with van der Waals surface area (Å²) in [7, 11) is 0. The third-order valence-electron chi connectivity index (χ3n) is 3.11. The summed E-state index contributed by atoms with van der Waals surface area (Å²) in [6, 6.07) is 6.57. The van der Waals surface area contributed by atoms with Gasteiger partial charge in [-0.15, -0.1) is 0 Å². The second kappa shape index (κ2) is 6.32. The van der Waals surface area contributed by atoms with E-state index in [9.17, 15) is 4.39 Å². The highest BCUT2D eigenvalue weighted by atomic mass is 19.1. The number of hydrogen-bond acceptors (Lipinski definition) is 4. The summed E-state index contributed by atoms with van der Waals surface area (Å²) in [5.74, 6) is 1.73. The number of nitrogens with two attached hydrogens (primary N) is 1. The van der Waals surface area contributed by atoms with Crippen molar-refractivity contribution in [3.05, 3.63) is 47.0 Å². The molecule has 0 unspecified atom stereocenters. The first-order valence-corrected chi connectivity index (χ1v) is 6.71. The van der Waals surface area contributed by atoms with Crippen molar-refractivity contribution in [1.82, 2.24) is 9.97 Å². The van der Waals surface area contributed by atoms with Crippen molar-refractivity contribution in [1.29, 1.82) is 0 Å². The molecule has 0 spiro atoms. The Morgan fingerprint density at radius 3 is 2.75 bits per heavy atom. The van der Waals surface area contributed by atoms with Gasteiger partial charge in [-0.2, -0.15) is 0 Å². The van der Waals surface area contributed by atoms with Gasteiger partial charge in [0.05, 0.1) is 0 Å². The first-order chi connectivity index (χ1) is 9.58. The average Bonchev–Trinajstić information content (AvgIpc) is 2.40. The monoisotopic (exact) mass is 274 g/mol. The van der Waals surface area contributed by atoms with E-state index >= 15 is 0 Å². The summed E-state index contributed by atoms with van der Waals surface area (Å²) in [5.41, 5.74) is 7.81. The van der Waals surface area contributed by atoms with E-state index in [1.807, 2.05) is 19.9 Å². The van der Waals surface area contributed by atoms with Crippen molar-refractivity contribution in [3.8, 4) is 0 Å². The van der Waals surface area contributed by atoms with Crippen LogP contribution < -0.4 is 11.1 Å². The Labute approximate surface area is 118 Å². The Kier molecular flexibility index (Phi) is 4.50. The molecule has 1 aromatic carbocycles. The third-order valence-corrected chi connectivity index (χ3v) is 3.11. The topological polar surface area (TPSA) is 63.8 Å². The molecule has 0 saturated carbocycles. The largest absolute Gasteiger partial charge is 0.384 e. The highest BCUT2D eigenvalue weighted by Crippen LogP contribution is 2.12. The van der Waals surface area contributed by atoms with Gasteiger partial charge in [0.1, 0.15) is 23.3 Å². The summed E-state index contributed by atoms with van der Waals surface area (Å²) in [6.07, 6.45) is 1.55. The van der Waals surface area contributed by atoms with Crippen LogP contribution in [0.2, 0.25) is 0 Å². The Balaban J connectivity index is 1.97. The lowest BCUT2D eigenvalue weighted by Crippen LogP contribution is -2.09. The lowest BCUT2D eigenvalue weighted by molar-refractivity contribution is 0.625. The molecule has 2 rings (SSSR count). The number of benzene rings is 1. The van der Waals surface area contributed by atoms with Gasteiger partial charge in [0, 0.05) is 19.0 Å². The van der Waals surface area contributed by atoms with E-state index in [1.54, 1.807) is 12.1 Å². The zero-order valence-electron chi connectivity index (χ0n) is 11.8. The number of rotatable bonds is 5. The first-order valence-electron chi connectivity index (χ1n) is 6.71. The van der Waals surface area contributed by atoms with Gasteiger partial charge in [0.2, 0.25) is 0 Å². The van der Waals surface area contributed by atoms with E-state index in [-0.39, 0.29) is 5.82 Å². The van der Waals surface area contributed by atoms with E-state index in [1.165, 1.54) is 6.07 Å². The maximum absolute atomic E-state index is 13.0. The summed E-state index contributed by atoms with van der Waals surface area (Å²) in [5, 5.41) is 3.23. The summed E-state index contributed by atoms with van der Waals surface area (Å²) in [6.45, 7) is 4.61. The smallest absolute Gasteiger partial charge is 0.132 e. The quantitative estimate of drug-likeness (QED) is 0.880. The highest BCUT2D eigenvalue weighted by Gasteiger charge is 2.03. The molecule has 20 heavy (non-hydrogen) atoms. The van der Waals surface area contributed by atoms with Crippen LogP contribution in [0.4, 0.5) is 16.0 Å². The van der Waals surface area contributed by atoms with Gasteiger partial charge in [0.25, 0.3) is 0 Å². The Morgan fingerprint density at radius 2 is 2.05 bits per heavy atom. The van der Waals surface area contributed by atoms with Gasteiger partial charge in [-0.25, -0.2) is 14.4 Å². The van der Waals surface area contributed by atoms with Crippen LogP contribution in [0.15, 0.2) is 24.3 Å². The number of halogens is 1. The normalized spacial score (nSPS) is 10.6. The van der Waals surface area contributed by atoms with Gasteiger partial charge < -0.3 is 11.1 Å². The molecule has 0 bridgehead atoms. The minimum Gasteiger partial charge on any atom is -0.384 e. The third kappa shape index (κ3) is 3.66. The molecule has 0 aliphatic heterocycles. The Bertz CT molecular complexity index is 598. The zero-order valence-corrected chi connectivity index (χ0v) is 11.8. The standard InChI is InChI=1S/C15H19FN4/c1-3-14-19-13(17)9-15(20-14)18-7-6-11-4-5-12(16)8-10(11)2/h4-5,8-9H,3,6-7H2,1-2H3,(H3,17,18,19,20). The molecule has 1 heterocycles. The van der Waals surface area contributed by atoms with Crippen molar-refractivity contribution in [2.45, 2.75) is 26.7 Å². The molecule has 0 aliphatic rings. The van der Waals surface area contributed by atoms with Crippen LogP contribution in [-0.4, -0.2) is 16.5 Å². The van der Waals surface area contributed by atoms with Gasteiger partial charge in [-0.3, -0.25) is 0 Å². The van der Waals surface area contributed by atoms with Gasteiger partial charge >= 0.3 is 0 Å². The van der Waals surface area contributed by atoms with Gasteiger partial charge in [0.15, 0.2) is 0 Å². The van der Waals surface area contributed by atoms with Crippen LogP contribution >= 0.6 is 0 Å². The minimum absolute atomic E-state index is 0.199. The van der Waals surface area contributed by atoms with Gasteiger partial charge in [-0.05, 0) is 36.6 Å². The van der Waals surface area contributed by atoms with E-state index in [0.29, 0.717) is 12.4 Å². The number of aromatic nitrogens is 2. The summed E-state index contributed by atoms with van der Waals surface area (Å²) < 4.78 is 13.0. The van der Waals surface area contributed by atoms with Crippen molar-refractivity contribution in [2.75, 3.05) is 17.6 Å². The molecule has 5 heteroatoms. The number of aryl methyl sites for hydroxylation is 2. The van der Waals surface area contributed by atoms with E-state index in [0.717, 1.165) is 35.6 Å². The molecule has 0 amide bonds. The summed E-state index contributed by atoms with van der Waals surface area (Å²) >= 11 is 0. The minimum atomic E-state index is -0.199. The van der Waals surface area contributed by atoms with E-state index in [4.69, 9.17) is 5.73 Å². The molecule has 106 valence electrons. The molecular weight excluding hydrogens is 255 g/mol. The first kappa shape index (κ1) is 14.2. The average molecular weight is 274 g/mol. The zero-order chi connectivity index (χ0) is 14.5. The number of nitrogens with one attached hydrogen (secondary N) is 1. The number of anilines is 2. The fourth-order valence-corrected chi connectivity index (χ4v) is 2.03. The summed E-state index contributed by atoms with van der Waals surface area (Å²) in [4.78, 5) is 8.48. The number of nitrogens with zero attached hydrogens (tertiary/aromatic N) is 2. The molecule has 4 nitrogen and oxygen atoms in total. The second-order valence-electron chi connectivity index (χ2n) is 4.70. The molecule has 0 fully saturated rings. The Hall–Kier alpha value is -2.17. The molecule has 0 saturated heterocycles. The van der Waals surface area contributed by atoms with Gasteiger partial charge in [-0.1, -0.05) is 13.0 Å². The van der Waals surface area contributed by atoms with Crippen LogP contribution in [-0.2, 0) is 12.8 Å².